The van der Waals surface area contributed by atoms with E-state index in [-0.39, 0.29) is 0 Å². The molecule has 0 saturated carbocycles. The topological polar surface area (TPSA) is 0 Å². The minimum atomic E-state index is -1.46. The average molecular weight is 426 g/mol. The van der Waals surface area contributed by atoms with E-state index in [0.717, 1.165) is 46.4 Å². The normalized spacial score (nSPS) is 10.5. The molecule has 0 radical (unpaired) electrons. The monoisotopic (exact) mass is 426 g/mol. The summed E-state index contributed by atoms with van der Waals surface area (Å²) in [6.07, 6.45) is 0.845. The quantitative estimate of drug-likeness (QED) is 0.232. The molecule has 0 unspecified atom stereocenters. The van der Waals surface area contributed by atoms with E-state index in [1.807, 2.05) is 55.5 Å². The molecular formula is C29H21F3. The molecule has 0 aliphatic carbocycles. The minimum Gasteiger partial charge on any atom is -0.204 e. The molecule has 32 heavy (non-hydrogen) atoms. The molecule has 4 aromatic rings. The predicted molar refractivity (Wildman–Crippen MR) is 124 cm³/mol. The second-order valence-corrected chi connectivity index (χ2v) is 7.67. The van der Waals surface area contributed by atoms with E-state index >= 15 is 0 Å². The van der Waals surface area contributed by atoms with Gasteiger partial charge in [0.25, 0.3) is 0 Å². The lowest BCUT2D eigenvalue weighted by atomic mass is 9.96. The first-order valence-electron chi connectivity index (χ1n) is 10.4. The van der Waals surface area contributed by atoms with Crippen molar-refractivity contribution in [3.05, 3.63) is 119 Å². The first kappa shape index (κ1) is 21.5. The van der Waals surface area contributed by atoms with Gasteiger partial charge in [0.1, 0.15) is 0 Å². The van der Waals surface area contributed by atoms with Gasteiger partial charge in [-0.1, -0.05) is 66.8 Å². The van der Waals surface area contributed by atoms with E-state index < -0.39 is 17.5 Å². The summed E-state index contributed by atoms with van der Waals surface area (Å²) in [5.41, 5.74) is 7.24. The Morgan fingerprint density at radius 1 is 0.625 bits per heavy atom. The van der Waals surface area contributed by atoms with Crippen LogP contribution in [0, 0.1) is 36.2 Å². The zero-order valence-corrected chi connectivity index (χ0v) is 17.8. The third-order valence-corrected chi connectivity index (χ3v) is 5.41. The van der Waals surface area contributed by atoms with Crippen LogP contribution in [0.4, 0.5) is 13.2 Å². The van der Waals surface area contributed by atoms with Crippen molar-refractivity contribution in [3.63, 3.8) is 0 Å². The highest BCUT2D eigenvalue weighted by molar-refractivity contribution is 5.71. The number of benzene rings is 4. The zero-order chi connectivity index (χ0) is 22.7. The van der Waals surface area contributed by atoms with Crippen molar-refractivity contribution in [2.45, 2.75) is 20.3 Å². The summed E-state index contributed by atoms with van der Waals surface area (Å²) in [4.78, 5) is 0. The predicted octanol–water partition coefficient (Wildman–Crippen LogP) is 7.71. The van der Waals surface area contributed by atoms with Gasteiger partial charge in [-0.25, -0.2) is 13.2 Å². The fourth-order valence-electron chi connectivity index (χ4n) is 3.54. The molecule has 4 aromatic carbocycles. The molecule has 0 nitrogen and oxygen atoms in total. The molecule has 4 rings (SSSR count). The minimum absolute atomic E-state index is 0.295. The highest BCUT2D eigenvalue weighted by Gasteiger charge is 2.12. The molecule has 0 aliphatic heterocycles. The van der Waals surface area contributed by atoms with Crippen molar-refractivity contribution < 1.29 is 13.2 Å². The Kier molecular flexibility index (Phi) is 6.14. The van der Waals surface area contributed by atoms with Crippen LogP contribution >= 0.6 is 0 Å². The maximum absolute atomic E-state index is 13.6. The lowest BCUT2D eigenvalue weighted by molar-refractivity contribution is 0.448. The van der Waals surface area contributed by atoms with Crippen LogP contribution < -0.4 is 0 Å². The van der Waals surface area contributed by atoms with Gasteiger partial charge >= 0.3 is 0 Å². The van der Waals surface area contributed by atoms with Crippen LogP contribution in [0.3, 0.4) is 0 Å². The van der Waals surface area contributed by atoms with Crippen molar-refractivity contribution in [2.24, 2.45) is 0 Å². The van der Waals surface area contributed by atoms with Crippen LogP contribution in [-0.4, -0.2) is 0 Å². The molecular weight excluding hydrogens is 405 g/mol. The molecule has 0 fully saturated rings. The number of halogens is 3. The summed E-state index contributed by atoms with van der Waals surface area (Å²) in [5.74, 6) is 2.65. The third kappa shape index (κ3) is 4.60. The van der Waals surface area contributed by atoms with Crippen molar-refractivity contribution in [1.82, 2.24) is 0 Å². The Labute approximate surface area is 186 Å². The van der Waals surface area contributed by atoms with Gasteiger partial charge in [-0.05, 0) is 77.6 Å². The van der Waals surface area contributed by atoms with Gasteiger partial charge < -0.3 is 0 Å². The molecule has 0 spiro atoms. The lowest BCUT2D eigenvalue weighted by Crippen LogP contribution is -1.92. The Hall–Kier alpha value is -3.77. The summed E-state index contributed by atoms with van der Waals surface area (Å²) >= 11 is 0. The van der Waals surface area contributed by atoms with Gasteiger partial charge in [0, 0.05) is 11.1 Å². The van der Waals surface area contributed by atoms with E-state index in [1.54, 1.807) is 12.1 Å². The molecule has 0 amide bonds. The third-order valence-electron chi connectivity index (χ3n) is 5.41. The first-order valence-corrected chi connectivity index (χ1v) is 10.4. The number of rotatable bonds is 3. The molecule has 0 bridgehead atoms. The smallest absolute Gasteiger partial charge is 0.194 e. The Morgan fingerprint density at radius 2 is 1.19 bits per heavy atom. The first-order chi connectivity index (χ1) is 15.4. The fourth-order valence-corrected chi connectivity index (χ4v) is 3.54. The number of hydrogen-bond donors (Lipinski definition) is 0. The Balaban J connectivity index is 1.61. The van der Waals surface area contributed by atoms with Gasteiger partial charge in [-0.15, -0.1) is 0 Å². The van der Waals surface area contributed by atoms with E-state index in [0.29, 0.717) is 11.1 Å². The molecule has 0 aromatic heterocycles. The van der Waals surface area contributed by atoms with Crippen LogP contribution in [0.2, 0.25) is 0 Å². The second kappa shape index (κ2) is 9.16. The summed E-state index contributed by atoms with van der Waals surface area (Å²) in [6, 6.07) is 23.6. The maximum atomic E-state index is 13.6. The summed E-state index contributed by atoms with van der Waals surface area (Å²) < 4.78 is 40.3. The molecule has 0 aliphatic rings. The molecule has 0 saturated heterocycles. The zero-order valence-electron chi connectivity index (χ0n) is 17.8. The van der Waals surface area contributed by atoms with E-state index in [4.69, 9.17) is 0 Å². The molecule has 0 N–H and O–H groups in total. The molecule has 3 heteroatoms. The maximum Gasteiger partial charge on any atom is 0.194 e. The van der Waals surface area contributed by atoms with Crippen LogP contribution in [0.5, 0.6) is 0 Å². The summed E-state index contributed by atoms with van der Waals surface area (Å²) in [5, 5.41) is 0. The average Bonchev–Trinajstić information content (AvgIpc) is 2.82. The second-order valence-electron chi connectivity index (χ2n) is 7.67. The van der Waals surface area contributed by atoms with Crippen LogP contribution in [0.1, 0.15) is 29.2 Å². The van der Waals surface area contributed by atoms with Crippen molar-refractivity contribution in [2.75, 3.05) is 0 Å². The van der Waals surface area contributed by atoms with E-state index in [9.17, 15) is 13.2 Å². The van der Waals surface area contributed by atoms with Gasteiger partial charge in [0.2, 0.25) is 0 Å². The van der Waals surface area contributed by atoms with Gasteiger partial charge in [0.15, 0.2) is 17.5 Å². The van der Waals surface area contributed by atoms with Crippen molar-refractivity contribution in [1.29, 1.82) is 0 Å². The molecule has 0 atom stereocenters. The highest BCUT2D eigenvalue weighted by Crippen LogP contribution is 2.28. The summed E-state index contributed by atoms with van der Waals surface area (Å²) in [7, 11) is 0. The number of hydrogen-bond acceptors (Lipinski definition) is 0. The fraction of sp³-hybridized carbons (Fsp3) is 0.103. The van der Waals surface area contributed by atoms with E-state index in [1.165, 1.54) is 5.56 Å². The van der Waals surface area contributed by atoms with Crippen LogP contribution in [-0.2, 0) is 6.42 Å². The van der Waals surface area contributed by atoms with Crippen LogP contribution in [0.15, 0.2) is 78.9 Å². The Bertz CT molecular complexity index is 1300. The van der Waals surface area contributed by atoms with Crippen molar-refractivity contribution >= 4 is 0 Å². The standard InChI is InChI=1S/C29H21F3/c1-3-21-16-25(15-14-22(21)9-8-20-6-4-19(2)5-7-20)23-10-12-24(13-11-23)26-17-27(30)29(32)28(31)18-26/h4-7,10-18H,3H2,1-2H3. The Morgan fingerprint density at radius 3 is 1.78 bits per heavy atom. The SMILES string of the molecule is CCc1cc(-c2ccc(-c3cc(F)c(F)c(F)c3)cc2)ccc1C#Cc1ccc(C)cc1. The van der Waals surface area contributed by atoms with Crippen molar-refractivity contribution in [3.8, 4) is 34.1 Å². The lowest BCUT2D eigenvalue weighted by Gasteiger charge is -2.09. The summed E-state index contributed by atoms with van der Waals surface area (Å²) in [6.45, 7) is 4.14. The largest absolute Gasteiger partial charge is 0.204 e. The van der Waals surface area contributed by atoms with Gasteiger partial charge in [-0.3, -0.25) is 0 Å². The molecule has 0 heterocycles. The number of aryl methyl sites for hydroxylation is 2. The van der Waals surface area contributed by atoms with Crippen LogP contribution in [0.25, 0.3) is 22.3 Å². The van der Waals surface area contributed by atoms with E-state index in [2.05, 4.69) is 24.8 Å². The molecule has 158 valence electrons. The highest BCUT2D eigenvalue weighted by atomic mass is 19.2. The van der Waals surface area contributed by atoms with Gasteiger partial charge in [0.05, 0.1) is 0 Å². The van der Waals surface area contributed by atoms with Gasteiger partial charge in [-0.2, -0.15) is 0 Å².